The third kappa shape index (κ3) is 7.43. The van der Waals surface area contributed by atoms with Crippen molar-refractivity contribution in [3.63, 3.8) is 0 Å². The Morgan fingerprint density at radius 3 is 1.19 bits per heavy atom. The van der Waals surface area contributed by atoms with Crippen LogP contribution in [-0.2, 0) is 22.4 Å². The van der Waals surface area contributed by atoms with Gasteiger partial charge in [-0.25, -0.2) is 9.59 Å². The third-order valence-electron chi connectivity index (χ3n) is 6.90. The first-order valence-electron chi connectivity index (χ1n) is 13.6. The summed E-state index contributed by atoms with van der Waals surface area (Å²) in [6, 6.07) is 41.6. The lowest BCUT2D eigenvalue weighted by Crippen LogP contribution is -2.29. The molecule has 0 saturated heterocycles. The first-order valence-corrected chi connectivity index (χ1v) is 13.6. The number of carboxylic acid groups (broad SMARTS) is 2. The van der Waals surface area contributed by atoms with E-state index in [4.69, 9.17) is 9.47 Å². The highest BCUT2D eigenvalue weighted by Gasteiger charge is 2.21. The van der Waals surface area contributed by atoms with E-state index in [9.17, 15) is 19.8 Å². The number of carboxylic acids is 2. The van der Waals surface area contributed by atoms with Gasteiger partial charge in [0.15, 0.2) is 12.2 Å². The standard InChI is InChI=1S/C36H30O6/c37-35(38)33(23-25-7-3-1-4-8-25)41-32-21-17-30(18-22-32)28-13-11-26(12-14-28)24-34(36(39)40)42-31-19-15-29(16-20-31)27-9-5-2-6-10-27/h1-22,33-34H,23-24H2,(H,37,38)(H,39,40)/t33-,34+/m1/s1. The fraction of sp³-hybridized carbons (Fsp3) is 0.111. The Hall–Kier alpha value is -5.36. The van der Waals surface area contributed by atoms with Gasteiger partial charge in [0.05, 0.1) is 0 Å². The van der Waals surface area contributed by atoms with Crippen molar-refractivity contribution in [2.45, 2.75) is 25.0 Å². The van der Waals surface area contributed by atoms with Crippen LogP contribution in [0.15, 0.2) is 133 Å². The first-order chi connectivity index (χ1) is 20.4. The molecule has 5 aromatic rings. The molecule has 0 aliphatic heterocycles. The van der Waals surface area contributed by atoms with Crippen molar-refractivity contribution in [3.8, 4) is 33.8 Å². The number of ether oxygens (including phenoxy) is 2. The smallest absolute Gasteiger partial charge is 0.345 e. The molecule has 5 rings (SSSR count). The molecule has 0 aliphatic rings. The molecule has 6 nitrogen and oxygen atoms in total. The fourth-order valence-corrected chi connectivity index (χ4v) is 4.65. The highest BCUT2D eigenvalue weighted by atomic mass is 16.5. The van der Waals surface area contributed by atoms with Crippen LogP contribution in [-0.4, -0.2) is 34.4 Å². The lowest BCUT2D eigenvalue weighted by molar-refractivity contribution is -0.145. The molecule has 0 heterocycles. The average Bonchev–Trinajstić information content (AvgIpc) is 3.02. The molecule has 0 unspecified atom stereocenters. The number of rotatable bonds is 12. The lowest BCUT2D eigenvalue weighted by Gasteiger charge is -2.16. The molecule has 0 aromatic heterocycles. The summed E-state index contributed by atoms with van der Waals surface area (Å²) in [5, 5.41) is 19.4. The van der Waals surface area contributed by atoms with Crippen LogP contribution >= 0.6 is 0 Å². The van der Waals surface area contributed by atoms with Crippen molar-refractivity contribution in [1.82, 2.24) is 0 Å². The van der Waals surface area contributed by atoms with Gasteiger partial charge >= 0.3 is 11.9 Å². The van der Waals surface area contributed by atoms with Crippen molar-refractivity contribution in [2.75, 3.05) is 0 Å². The van der Waals surface area contributed by atoms with E-state index in [-0.39, 0.29) is 12.8 Å². The maximum Gasteiger partial charge on any atom is 0.345 e. The number of carbonyl (C=O) groups is 2. The largest absolute Gasteiger partial charge is 0.478 e. The molecular weight excluding hydrogens is 528 g/mol. The molecule has 0 amide bonds. The Kier molecular flexibility index (Phi) is 8.94. The summed E-state index contributed by atoms with van der Waals surface area (Å²) in [6.45, 7) is 0. The maximum absolute atomic E-state index is 12.0. The number of hydrogen-bond acceptors (Lipinski definition) is 4. The van der Waals surface area contributed by atoms with Crippen LogP contribution in [0.25, 0.3) is 22.3 Å². The molecule has 0 saturated carbocycles. The van der Waals surface area contributed by atoms with Crippen LogP contribution in [0.4, 0.5) is 0 Å². The molecule has 0 radical (unpaired) electrons. The SMILES string of the molecule is O=C(O)[C@H](Cc1ccc(-c2ccc(O[C@H](Cc3ccccc3)C(=O)O)cc2)cc1)Oc1ccc(-c2ccccc2)cc1. The number of hydrogen-bond donors (Lipinski definition) is 2. The van der Waals surface area contributed by atoms with Gasteiger partial charge in [-0.2, -0.15) is 0 Å². The highest BCUT2D eigenvalue weighted by Crippen LogP contribution is 2.26. The van der Waals surface area contributed by atoms with Crippen LogP contribution in [0.3, 0.4) is 0 Å². The topological polar surface area (TPSA) is 93.1 Å². The van der Waals surface area contributed by atoms with Crippen molar-refractivity contribution in [2.24, 2.45) is 0 Å². The zero-order valence-electron chi connectivity index (χ0n) is 22.8. The Morgan fingerprint density at radius 2 is 0.786 bits per heavy atom. The quantitative estimate of drug-likeness (QED) is 0.169. The summed E-state index contributed by atoms with van der Waals surface area (Å²) in [7, 11) is 0. The van der Waals surface area contributed by atoms with Crippen molar-refractivity contribution in [3.05, 3.63) is 145 Å². The van der Waals surface area contributed by atoms with Crippen molar-refractivity contribution < 1.29 is 29.3 Å². The monoisotopic (exact) mass is 558 g/mol. The first kappa shape index (κ1) is 28.2. The molecule has 2 N–H and O–H groups in total. The minimum Gasteiger partial charge on any atom is -0.478 e. The summed E-state index contributed by atoms with van der Waals surface area (Å²) in [6.07, 6.45) is -1.56. The second kappa shape index (κ2) is 13.3. The second-order valence-electron chi connectivity index (χ2n) is 9.90. The lowest BCUT2D eigenvalue weighted by atomic mass is 10.0. The van der Waals surface area contributed by atoms with Gasteiger partial charge in [-0.3, -0.25) is 0 Å². The van der Waals surface area contributed by atoms with E-state index in [1.165, 1.54) is 0 Å². The predicted octanol–water partition coefficient (Wildman–Crippen LogP) is 7.17. The highest BCUT2D eigenvalue weighted by molar-refractivity contribution is 5.74. The van der Waals surface area contributed by atoms with Gasteiger partial charge in [0.2, 0.25) is 0 Å². The van der Waals surface area contributed by atoms with Gasteiger partial charge < -0.3 is 19.7 Å². The molecule has 210 valence electrons. The van der Waals surface area contributed by atoms with Gasteiger partial charge in [0, 0.05) is 12.8 Å². The van der Waals surface area contributed by atoms with E-state index in [1.54, 1.807) is 24.3 Å². The molecular formula is C36H30O6. The minimum absolute atomic E-state index is 0.209. The molecule has 0 spiro atoms. The molecule has 42 heavy (non-hydrogen) atoms. The third-order valence-corrected chi connectivity index (χ3v) is 6.90. The van der Waals surface area contributed by atoms with Crippen LogP contribution in [0.2, 0.25) is 0 Å². The van der Waals surface area contributed by atoms with Crippen LogP contribution in [0.1, 0.15) is 11.1 Å². The Labute approximate surface area is 244 Å². The van der Waals surface area contributed by atoms with Crippen molar-refractivity contribution in [1.29, 1.82) is 0 Å². The zero-order valence-corrected chi connectivity index (χ0v) is 22.8. The zero-order chi connectivity index (χ0) is 29.3. The Balaban J connectivity index is 1.20. The molecule has 5 aromatic carbocycles. The van der Waals surface area contributed by atoms with Crippen LogP contribution in [0, 0.1) is 0 Å². The van der Waals surface area contributed by atoms with E-state index in [1.807, 2.05) is 109 Å². The summed E-state index contributed by atoms with van der Waals surface area (Å²) in [5.74, 6) is -1.09. The van der Waals surface area contributed by atoms with Gasteiger partial charge in [0.25, 0.3) is 0 Å². The summed E-state index contributed by atoms with van der Waals surface area (Å²) in [5.41, 5.74) is 5.69. The summed E-state index contributed by atoms with van der Waals surface area (Å²) in [4.78, 5) is 23.7. The summed E-state index contributed by atoms with van der Waals surface area (Å²) >= 11 is 0. The van der Waals surface area contributed by atoms with Crippen LogP contribution < -0.4 is 9.47 Å². The van der Waals surface area contributed by atoms with Gasteiger partial charge in [-0.1, -0.05) is 109 Å². The molecule has 0 fully saturated rings. The predicted molar refractivity (Wildman–Crippen MR) is 162 cm³/mol. The van der Waals surface area contributed by atoms with Gasteiger partial charge in [-0.05, 0) is 57.6 Å². The van der Waals surface area contributed by atoms with Crippen molar-refractivity contribution >= 4 is 11.9 Å². The van der Waals surface area contributed by atoms with Gasteiger partial charge in [-0.15, -0.1) is 0 Å². The van der Waals surface area contributed by atoms with Gasteiger partial charge in [0.1, 0.15) is 11.5 Å². The second-order valence-corrected chi connectivity index (χ2v) is 9.90. The normalized spacial score (nSPS) is 12.2. The molecule has 0 bridgehead atoms. The Morgan fingerprint density at radius 1 is 0.452 bits per heavy atom. The minimum atomic E-state index is -1.03. The fourth-order valence-electron chi connectivity index (χ4n) is 4.65. The molecule has 6 heteroatoms. The van der Waals surface area contributed by atoms with Crippen LogP contribution in [0.5, 0.6) is 11.5 Å². The molecule has 0 aliphatic carbocycles. The maximum atomic E-state index is 12.0. The average molecular weight is 559 g/mol. The number of aliphatic carboxylic acids is 2. The van der Waals surface area contributed by atoms with E-state index < -0.39 is 24.1 Å². The number of benzene rings is 5. The van der Waals surface area contributed by atoms with E-state index in [0.29, 0.717) is 11.5 Å². The summed E-state index contributed by atoms with van der Waals surface area (Å²) < 4.78 is 11.6. The van der Waals surface area contributed by atoms with E-state index >= 15 is 0 Å². The van der Waals surface area contributed by atoms with E-state index in [0.717, 1.165) is 33.4 Å². The molecule has 2 atom stereocenters. The van der Waals surface area contributed by atoms with E-state index in [2.05, 4.69) is 0 Å². The Bertz CT molecular complexity index is 1600.